The van der Waals surface area contributed by atoms with Crippen LogP contribution in [0.3, 0.4) is 0 Å². The van der Waals surface area contributed by atoms with Crippen molar-refractivity contribution in [2.75, 3.05) is 12.3 Å². The van der Waals surface area contributed by atoms with Gasteiger partial charge >= 0.3 is 0 Å². The van der Waals surface area contributed by atoms with E-state index in [0.717, 1.165) is 10.6 Å². The molecule has 0 unspecified atom stereocenters. The zero-order chi connectivity index (χ0) is 14.4. The van der Waals surface area contributed by atoms with Crippen molar-refractivity contribution in [1.29, 1.82) is 0 Å². The Kier molecular flexibility index (Phi) is 4.84. The maximum atomic E-state index is 11.8. The lowest BCUT2D eigenvalue weighted by atomic mass is 10.2. The van der Waals surface area contributed by atoms with Gasteiger partial charge < -0.3 is 5.73 Å². The molecule has 0 aliphatic heterocycles. The summed E-state index contributed by atoms with van der Waals surface area (Å²) in [4.78, 5) is 15.4. The maximum Gasteiger partial charge on any atom is 0.255 e. The number of nitrogens with two attached hydrogens (primary N) is 1. The van der Waals surface area contributed by atoms with Gasteiger partial charge in [0.05, 0.1) is 5.69 Å². The zero-order valence-corrected chi connectivity index (χ0v) is 11.5. The molecule has 0 amide bonds. The molecule has 0 radical (unpaired) electrons. The van der Waals surface area contributed by atoms with Gasteiger partial charge in [-0.15, -0.1) is 11.8 Å². The van der Waals surface area contributed by atoms with E-state index in [1.54, 1.807) is 30.5 Å². The highest BCUT2D eigenvalue weighted by Gasteiger charge is 2.05. The van der Waals surface area contributed by atoms with Crippen molar-refractivity contribution in [2.24, 2.45) is 10.8 Å². The smallest absolute Gasteiger partial charge is 0.255 e. The average Bonchev–Trinajstić information content (AvgIpc) is 2.47. The number of thioether (sulfide) groups is 1. The predicted octanol–water partition coefficient (Wildman–Crippen LogP) is 2.83. The van der Waals surface area contributed by atoms with Gasteiger partial charge in [-0.25, -0.2) is 0 Å². The molecule has 0 aliphatic carbocycles. The van der Waals surface area contributed by atoms with E-state index in [0.29, 0.717) is 18.0 Å². The van der Waals surface area contributed by atoms with E-state index in [1.165, 1.54) is 22.4 Å². The molecule has 0 saturated heterocycles. The molecule has 0 spiro atoms. The highest BCUT2D eigenvalue weighted by Crippen LogP contribution is 2.31. The second-order valence-corrected chi connectivity index (χ2v) is 5.02. The fourth-order valence-corrected chi connectivity index (χ4v) is 2.51. The van der Waals surface area contributed by atoms with Crippen LogP contribution in [-0.2, 0) is 0 Å². The van der Waals surface area contributed by atoms with E-state index < -0.39 is 0 Å². The van der Waals surface area contributed by atoms with Crippen LogP contribution in [-0.4, -0.2) is 16.9 Å². The van der Waals surface area contributed by atoms with Gasteiger partial charge in [0, 0.05) is 40.1 Å². The molecular weight excluding hydrogens is 274 g/mol. The van der Waals surface area contributed by atoms with Gasteiger partial charge in [0.1, 0.15) is 0 Å². The molecule has 1 heterocycles. The van der Waals surface area contributed by atoms with Crippen LogP contribution >= 0.6 is 11.8 Å². The quantitative estimate of drug-likeness (QED) is 0.396. The van der Waals surface area contributed by atoms with Crippen molar-refractivity contribution >= 4 is 17.4 Å². The second-order valence-electron chi connectivity index (χ2n) is 3.89. The predicted molar refractivity (Wildman–Crippen MR) is 80.6 cm³/mol. The third kappa shape index (κ3) is 3.21. The van der Waals surface area contributed by atoms with Crippen LogP contribution in [0, 0.1) is 0 Å². The molecule has 0 saturated carbocycles. The van der Waals surface area contributed by atoms with Crippen molar-refractivity contribution in [3.63, 3.8) is 0 Å². The third-order valence-corrected chi connectivity index (χ3v) is 3.65. The van der Waals surface area contributed by atoms with E-state index in [4.69, 9.17) is 11.3 Å². The topological polar surface area (TPSA) is 96.8 Å². The molecule has 20 heavy (non-hydrogen) atoms. The van der Waals surface area contributed by atoms with Crippen LogP contribution in [0.5, 0.6) is 0 Å². The molecular formula is C13H13N5OS. The molecule has 0 atom stereocenters. The minimum absolute atomic E-state index is 0.112. The van der Waals surface area contributed by atoms with Gasteiger partial charge in [-0.05, 0) is 29.8 Å². The normalized spacial score (nSPS) is 10.1. The summed E-state index contributed by atoms with van der Waals surface area (Å²) in [6.07, 6.45) is 1.70. The molecule has 1 aromatic carbocycles. The lowest BCUT2D eigenvalue weighted by Crippen LogP contribution is -2.15. The van der Waals surface area contributed by atoms with Crippen LogP contribution in [0.4, 0.5) is 5.69 Å². The fraction of sp³-hybridized carbons (Fsp3) is 0.154. The first kappa shape index (κ1) is 14.2. The number of aromatic nitrogens is 1. The molecule has 0 bridgehead atoms. The first-order valence-electron chi connectivity index (χ1n) is 5.96. The Hall–Kier alpha value is -2.21. The van der Waals surface area contributed by atoms with Crippen molar-refractivity contribution < 1.29 is 0 Å². The first-order chi connectivity index (χ1) is 9.76. The van der Waals surface area contributed by atoms with E-state index in [-0.39, 0.29) is 5.56 Å². The number of benzene rings is 1. The number of pyridine rings is 1. The highest BCUT2D eigenvalue weighted by atomic mass is 32.2. The largest absolute Gasteiger partial charge is 0.330 e. The Morgan fingerprint density at radius 1 is 1.35 bits per heavy atom. The fourth-order valence-electron chi connectivity index (χ4n) is 1.71. The number of hydrogen-bond acceptors (Lipinski definition) is 4. The summed E-state index contributed by atoms with van der Waals surface area (Å²) >= 11 is 1.50. The first-order valence-corrected chi connectivity index (χ1v) is 6.95. The number of azide groups is 1. The SMILES string of the molecule is [N-]=[N+]=Nc1ccc(-n2ccccc2=O)cc1SCCN. The monoisotopic (exact) mass is 287 g/mol. The van der Waals surface area contributed by atoms with Crippen LogP contribution in [0.25, 0.3) is 16.1 Å². The molecule has 1 aromatic heterocycles. The van der Waals surface area contributed by atoms with Crippen LogP contribution in [0.2, 0.25) is 0 Å². The van der Waals surface area contributed by atoms with E-state index in [1.807, 2.05) is 6.07 Å². The Labute approximate surface area is 119 Å². The summed E-state index contributed by atoms with van der Waals surface area (Å²) in [6, 6.07) is 10.2. The maximum absolute atomic E-state index is 11.8. The van der Waals surface area contributed by atoms with E-state index in [2.05, 4.69) is 10.0 Å². The van der Waals surface area contributed by atoms with E-state index >= 15 is 0 Å². The van der Waals surface area contributed by atoms with Crippen molar-refractivity contribution in [1.82, 2.24) is 4.57 Å². The summed E-state index contributed by atoms with van der Waals surface area (Å²) in [7, 11) is 0. The molecule has 6 nitrogen and oxygen atoms in total. The second kappa shape index (κ2) is 6.81. The third-order valence-electron chi connectivity index (χ3n) is 2.57. The summed E-state index contributed by atoms with van der Waals surface area (Å²) in [5.41, 5.74) is 15.2. The van der Waals surface area contributed by atoms with Gasteiger partial charge in [-0.3, -0.25) is 9.36 Å². The summed E-state index contributed by atoms with van der Waals surface area (Å²) < 4.78 is 1.53. The number of nitrogens with zero attached hydrogens (tertiary/aromatic N) is 4. The highest BCUT2D eigenvalue weighted by molar-refractivity contribution is 7.99. The molecule has 2 aromatic rings. The molecule has 102 valence electrons. The van der Waals surface area contributed by atoms with Gasteiger partial charge in [-0.1, -0.05) is 11.2 Å². The Morgan fingerprint density at radius 2 is 2.20 bits per heavy atom. The Balaban J connectivity index is 2.49. The molecule has 0 aliphatic rings. The standard InChI is InChI=1S/C13H13N5OS/c14-6-8-20-12-9-10(4-5-11(12)16-17-15)18-7-2-1-3-13(18)19/h1-5,7,9H,6,8,14H2. The van der Waals surface area contributed by atoms with Crippen molar-refractivity contribution in [3.05, 3.63) is 63.4 Å². The van der Waals surface area contributed by atoms with Crippen molar-refractivity contribution in [3.8, 4) is 5.69 Å². The summed E-state index contributed by atoms with van der Waals surface area (Å²) in [5.74, 6) is 0.709. The molecule has 7 heteroatoms. The van der Waals surface area contributed by atoms with Gasteiger partial charge in [-0.2, -0.15) is 0 Å². The van der Waals surface area contributed by atoms with Crippen LogP contribution in [0.15, 0.2) is 57.4 Å². The van der Waals surface area contributed by atoms with Crippen LogP contribution < -0.4 is 11.3 Å². The van der Waals surface area contributed by atoms with Gasteiger partial charge in [0.2, 0.25) is 0 Å². The van der Waals surface area contributed by atoms with Gasteiger partial charge in [0.15, 0.2) is 0 Å². The zero-order valence-electron chi connectivity index (χ0n) is 10.6. The van der Waals surface area contributed by atoms with Crippen LogP contribution in [0.1, 0.15) is 0 Å². The average molecular weight is 287 g/mol. The minimum atomic E-state index is -0.112. The molecule has 2 rings (SSSR count). The lowest BCUT2D eigenvalue weighted by molar-refractivity contribution is 0.984. The Morgan fingerprint density at radius 3 is 2.90 bits per heavy atom. The summed E-state index contributed by atoms with van der Waals surface area (Å²) in [5, 5.41) is 3.65. The minimum Gasteiger partial charge on any atom is -0.330 e. The number of hydrogen-bond donors (Lipinski definition) is 1. The lowest BCUT2D eigenvalue weighted by Gasteiger charge is -2.09. The molecule has 2 N–H and O–H groups in total. The summed E-state index contributed by atoms with van der Waals surface area (Å²) in [6.45, 7) is 0.524. The van der Waals surface area contributed by atoms with E-state index in [9.17, 15) is 4.79 Å². The van der Waals surface area contributed by atoms with Crippen molar-refractivity contribution in [2.45, 2.75) is 4.90 Å². The number of rotatable bonds is 5. The molecule has 0 fully saturated rings. The Bertz CT molecular complexity index is 706. The van der Waals surface area contributed by atoms with Gasteiger partial charge in [0.25, 0.3) is 5.56 Å².